The van der Waals surface area contributed by atoms with Gasteiger partial charge in [-0.15, -0.1) is 0 Å². The average Bonchev–Trinajstić information content (AvgIpc) is 2.87. The zero-order valence-electron chi connectivity index (χ0n) is 18.5. The predicted molar refractivity (Wildman–Crippen MR) is 141 cm³/mol. The molecular weight excluding hydrogens is 424 g/mol. The Morgan fingerprint density at radius 2 is 1.09 bits per heavy atom. The van der Waals surface area contributed by atoms with Gasteiger partial charge in [0.1, 0.15) is 12.0 Å². The average molecular weight is 447 g/mol. The Balaban J connectivity index is 1.85. The fourth-order valence-electron chi connectivity index (χ4n) is 5.08. The third-order valence-corrected chi connectivity index (χ3v) is 7.49. The fraction of sp³-hybridized carbons (Fsp3) is 0.0667. The van der Waals surface area contributed by atoms with Gasteiger partial charge in [0.15, 0.2) is 4.90 Å². The number of benzene rings is 6. The van der Waals surface area contributed by atoms with Crippen LogP contribution in [-0.2, 0) is 11.2 Å². The fourth-order valence-corrected chi connectivity index (χ4v) is 5.85. The molecule has 0 saturated heterocycles. The molecule has 0 saturated carbocycles. The Morgan fingerprint density at radius 1 is 0.576 bits per heavy atom. The second kappa shape index (κ2) is 7.80. The lowest BCUT2D eigenvalue weighted by atomic mass is 9.87. The Bertz CT molecular complexity index is 1680. The van der Waals surface area contributed by atoms with Crippen molar-refractivity contribution >= 4 is 54.3 Å². The van der Waals surface area contributed by atoms with Gasteiger partial charge in [-0.25, -0.2) is 0 Å². The van der Waals surface area contributed by atoms with Gasteiger partial charge in [-0.1, -0.05) is 72.8 Å². The molecular formula is C30H22O2S. The number of fused-ring (bicyclic) bond motifs is 8. The van der Waals surface area contributed by atoms with Crippen LogP contribution in [0.4, 0.5) is 0 Å². The van der Waals surface area contributed by atoms with E-state index in [1.807, 2.05) is 18.2 Å². The second-order valence-corrected chi connectivity index (χ2v) is 9.65. The van der Waals surface area contributed by atoms with Gasteiger partial charge in [0.05, 0.1) is 7.11 Å². The van der Waals surface area contributed by atoms with Crippen molar-refractivity contribution in [3.8, 4) is 16.9 Å². The molecule has 0 bridgehead atoms. The van der Waals surface area contributed by atoms with Gasteiger partial charge >= 0.3 is 0 Å². The van der Waals surface area contributed by atoms with Gasteiger partial charge in [-0.05, 0) is 78.0 Å². The summed E-state index contributed by atoms with van der Waals surface area (Å²) >= 11 is -1.16. The molecule has 3 heteroatoms. The van der Waals surface area contributed by atoms with Crippen molar-refractivity contribution in [2.24, 2.45) is 0 Å². The molecule has 6 aromatic rings. The number of hydrogen-bond acceptors (Lipinski definition) is 2. The third kappa shape index (κ3) is 3.08. The van der Waals surface area contributed by atoms with E-state index in [4.69, 9.17) is 4.74 Å². The minimum Gasteiger partial charge on any atom is -0.612 e. The topological polar surface area (TPSA) is 32.3 Å². The summed E-state index contributed by atoms with van der Waals surface area (Å²) in [5.74, 6) is 0.713. The van der Waals surface area contributed by atoms with E-state index in [9.17, 15) is 4.55 Å². The molecule has 160 valence electrons. The van der Waals surface area contributed by atoms with E-state index >= 15 is 0 Å². The highest BCUT2D eigenvalue weighted by Crippen LogP contribution is 2.44. The van der Waals surface area contributed by atoms with Gasteiger partial charge < -0.3 is 9.29 Å². The summed E-state index contributed by atoms with van der Waals surface area (Å²) in [5.41, 5.74) is 2.07. The number of hydrogen-bond donors (Lipinski definition) is 0. The quantitative estimate of drug-likeness (QED) is 0.206. The van der Waals surface area contributed by atoms with Gasteiger partial charge in [0.2, 0.25) is 0 Å². The van der Waals surface area contributed by atoms with Crippen LogP contribution in [0.15, 0.2) is 102 Å². The molecule has 0 N–H and O–H groups in total. The summed E-state index contributed by atoms with van der Waals surface area (Å²) in [6, 6.07) is 34.0. The maximum Gasteiger partial charge on any atom is 0.163 e. The number of methoxy groups -OCH3 is 1. The monoisotopic (exact) mass is 446 g/mol. The lowest BCUT2D eigenvalue weighted by molar-refractivity contribution is 0.413. The Kier molecular flexibility index (Phi) is 4.75. The van der Waals surface area contributed by atoms with Crippen LogP contribution >= 0.6 is 0 Å². The van der Waals surface area contributed by atoms with Crippen molar-refractivity contribution in [2.75, 3.05) is 13.4 Å². The molecule has 33 heavy (non-hydrogen) atoms. The molecule has 0 fully saturated rings. The van der Waals surface area contributed by atoms with Crippen molar-refractivity contribution in [3.05, 3.63) is 97.1 Å². The molecule has 6 aromatic carbocycles. The Hall–Kier alpha value is -3.53. The number of rotatable bonds is 3. The van der Waals surface area contributed by atoms with E-state index in [2.05, 4.69) is 78.9 Å². The van der Waals surface area contributed by atoms with Gasteiger partial charge in [-0.3, -0.25) is 0 Å². The van der Waals surface area contributed by atoms with Crippen LogP contribution in [-0.4, -0.2) is 17.9 Å². The maximum absolute atomic E-state index is 12.8. The van der Waals surface area contributed by atoms with Crippen LogP contribution in [0, 0.1) is 0 Å². The molecule has 0 aromatic heterocycles. The molecule has 2 nitrogen and oxygen atoms in total. The third-order valence-electron chi connectivity index (χ3n) is 6.54. The smallest absolute Gasteiger partial charge is 0.163 e. The van der Waals surface area contributed by atoms with Crippen LogP contribution in [0.25, 0.3) is 54.2 Å². The molecule has 1 unspecified atom stereocenters. The van der Waals surface area contributed by atoms with E-state index in [0.717, 1.165) is 21.4 Å². The molecule has 1 atom stereocenters. The summed E-state index contributed by atoms with van der Waals surface area (Å²) < 4.78 is 18.2. The SMILES string of the molecule is COc1ccc(-c2cc3c4ccccc4c4ccccc4c3c3ccccc23)c([S+](C)[O-])c1. The summed E-state index contributed by atoms with van der Waals surface area (Å²) in [6.07, 6.45) is 1.73. The standard InChI is InChI=1S/C30H22O2S/c1-32-19-15-16-24(29(17-19)33(2)31)27-18-28-22-11-4-3-9-20(22)21-10-5-7-13-25(21)30(28)26-14-8-6-12-23(26)27/h3-18H,1-2H3. The van der Waals surface area contributed by atoms with E-state index in [1.165, 1.54) is 37.7 Å². The van der Waals surface area contributed by atoms with Crippen LogP contribution in [0.3, 0.4) is 0 Å². The highest BCUT2D eigenvalue weighted by Gasteiger charge is 2.20. The summed E-state index contributed by atoms with van der Waals surface area (Å²) in [5, 5.41) is 9.82. The molecule has 0 aliphatic rings. The molecule has 0 aliphatic carbocycles. The van der Waals surface area contributed by atoms with Crippen molar-refractivity contribution in [2.45, 2.75) is 4.90 Å². The van der Waals surface area contributed by atoms with Crippen molar-refractivity contribution in [1.82, 2.24) is 0 Å². The van der Waals surface area contributed by atoms with E-state index in [0.29, 0.717) is 5.75 Å². The Labute approximate surface area is 195 Å². The zero-order valence-corrected chi connectivity index (χ0v) is 19.3. The van der Waals surface area contributed by atoms with Crippen LogP contribution in [0.2, 0.25) is 0 Å². The lowest BCUT2D eigenvalue weighted by Gasteiger charge is -2.18. The molecule has 0 amide bonds. The molecule has 0 heterocycles. The first kappa shape index (κ1) is 20.1. The molecule has 0 radical (unpaired) electrons. The second-order valence-electron chi connectivity index (χ2n) is 8.30. The van der Waals surface area contributed by atoms with E-state index < -0.39 is 11.2 Å². The highest BCUT2D eigenvalue weighted by molar-refractivity contribution is 7.90. The molecule has 0 spiro atoms. The normalized spacial score (nSPS) is 12.6. The largest absolute Gasteiger partial charge is 0.612 e. The maximum atomic E-state index is 12.8. The molecule has 0 aliphatic heterocycles. The highest BCUT2D eigenvalue weighted by atomic mass is 32.2. The predicted octanol–water partition coefficient (Wildman–Crippen LogP) is 7.71. The van der Waals surface area contributed by atoms with Crippen molar-refractivity contribution in [3.63, 3.8) is 0 Å². The van der Waals surface area contributed by atoms with Crippen molar-refractivity contribution in [1.29, 1.82) is 0 Å². The van der Waals surface area contributed by atoms with Crippen LogP contribution in [0.1, 0.15) is 0 Å². The Morgan fingerprint density at radius 3 is 1.70 bits per heavy atom. The van der Waals surface area contributed by atoms with Crippen LogP contribution < -0.4 is 4.74 Å². The summed E-state index contributed by atoms with van der Waals surface area (Å²) in [6.45, 7) is 0. The summed E-state index contributed by atoms with van der Waals surface area (Å²) in [7, 11) is 1.64. The number of ether oxygens (including phenoxy) is 1. The van der Waals surface area contributed by atoms with Gasteiger partial charge in [0, 0.05) is 11.6 Å². The van der Waals surface area contributed by atoms with E-state index in [1.54, 1.807) is 13.4 Å². The minimum atomic E-state index is -1.16. The first-order chi connectivity index (χ1) is 16.2. The van der Waals surface area contributed by atoms with E-state index in [-0.39, 0.29) is 0 Å². The van der Waals surface area contributed by atoms with Gasteiger partial charge in [0.25, 0.3) is 0 Å². The van der Waals surface area contributed by atoms with Crippen molar-refractivity contribution < 1.29 is 9.29 Å². The first-order valence-electron chi connectivity index (χ1n) is 10.9. The first-order valence-corrected chi connectivity index (χ1v) is 12.5. The lowest BCUT2D eigenvalue weighted by Crippen LogP contribution is -2.01. The van der Waals surface area contributed by atoms with Gasteiger partial charge in [-0.2, -0.15) is 0 Å². The summed E-state index contributed by atoms with van der Waals surface area (Å²) in [4.78, 5) is 0.781. The zero-order chi connectivity index (χ0) is 22.5. The van der Waals surface area contributed by atoms with Crippen LogP contribution in [0.5, 0.6) is 5.75 Å². The molecule has 6 rings (SSSR count). The minimum absolute atomic E-state index is 0.713.